The van der Waals surface area contributed by atoms with Crippen molar-refractivity contribution in [3.63, 3.8) is 0 Å². The van der Waals surface area contributed by atoms with E-state index in [0.29, 0.717) is 0 Å². The highest BCUT2D eigenvalue weighted by Gasteiger charge is 2.43. The summed E-state index contributed by atoms with van der Waals surface area (Å²) < 4.78 is 18.5. The Balaban J connectivity index is 2.57. The van der Waals surface area contributed by atoms with Crippen LogP contribution >= 0.6 is 7.82 Å². The molecule has 1 aliphatic heterocycles. The summed E-state index contributed by atoms with van der Waals surface area (Å²) in [5.41, 5.74) is 0. The SMILES string of the molecule is O=P([O-])([O-])OC[C@H]1OC(O)C(O)C(O)C1O. The molecule has 0 spiro atoms. The lowest BCUT2D eigenvalue weighted by atomic mass is 10.00. The molecule has 0 amide bonds. The van der Waals surface area contributed by atoms with E-state index in [9.17, 15) is 24.6 Å². The molecular weight excluding hydrogens is 247 g/mol. The third kappa shape index (κ3) is 3.45. The van der Waals surface area contributed by atoms with Gasteiger partial charge in [0.1, 0.15) is 24.4 Å². The van der Waals surface area contributed by atoms with Gasteiger partial charge < -0.3 is 44.0 Å². The minimum absolute atomic E-state index is 0.855. The topological polar surface area (TPSA) is 163 Å². The largest absolute Gasteiger partial charge is 0.790 e. The van der Waals surface area contributed by atoms with Crippen molar-refractivity contribution in [2.24, 2.45) is 0 Å². The summed E-state index contributed by atoms with van der Waals surface area (Å²) in [6, 6.07) is 0. The van der Waals surface area contributed by atoms with Crippen molar-refractivity contribution in [3.05, 3.63) is 0 Å². The summed E-state index contributed by atoms with van der Waals surface area (Å²) >= 11 is 0. The average Bonchev–Trinajstić information content (AvgIpc) is 2.17. The zero-order chi connectivity index (χ0) is 12.5. The fourth-order valence-corrected chi connectivity index (χ4v) is 1.56. The fourth-order valence-electron chi connectivity index (χ4n) is 1.23. The maximum absolute atomic E-state index is 10.1. The normalized spacial score (nSPS) is 41.0. The highest BCUT2D eigenvalue weighted by atomic mass is 31.2. The fraction of sp³-hybridized carbons (Fsp3) is 1.00. The lowest BCUT2D eigenvalue weighted by Gasteiger charge is -2.39. The van der Waals surface area contributed by atoms with E-state index in [2.05, 4.69) is 9.26 Å². The summed E-state index contributed by atoms with van der Waals surface area (Å²) in [5.74, 6) is 0. The minimum atomic E-state index is -5.23. The van der Waals surface area contributed by atoms with Crippen LogP contribution in [-0.4, -0.2) is 57.7 Å². The molecule has 1 heterocycles. The molecule has 4 N–H and O–H groups in total. The van der Waals surface area contributed by atoms with E-state index >= 15 is 0 Å². The van der Waals surface area contributed by atoms with Crippen molar-refractivity contribution in [2.45, 2.75) is 30.7 Å². The van der Waals surface area contributed by atoms with Crippen molar-refractivity contribution in [3.8, 4) is 0 Å². The zero-order valence-electron chi connectivity index (χ0n) is 7.87. The zero-order valence-corrected chi connectivity index (χ0v) is 8.77. The number of phosphoric acid groups is 1. The number of rotatable bonds is 3. The third-order valence-corrected chi connectivity index (χ3v) is 2.55. The molecular formula is C6H11O9P-2. The van der Waals surface area contributed by atoms with Crippen LogP contribution in [0.4, 0.5) is 0 Å². The van der Waals surface area contributed by atoms with E-state index in [1.165, 1.54) is 0 Å². The summed E-state index contributed by atoms with van der Waals surface area (Å²) in [7, 11) is -5.23. The van der Waals surface area contributed by atoms with Gasteiger partial charge in [-0.05, 0) is 0 Å². The number of aliphatic hydroxyl groups excluding tert-OH is 4. The number of aliphatic hydroxyl groups is 4. The lowest BCUT2D eigenvalue weighted by Crippen LogP contribution is -2.58. The van der Waals surface area contributed by atoms with E-state index < -0.39 is 45.1 Å². The first kappa shape index (κ1) is 14.0. The Hall–Kier alpha value is -0.0900. The van der Waals surface area contributed by atoms with Crippen molar-refractivity contribution < 1.29 is 44.0 Å². The molecule has 0 aromatic heterocycles. The van der Waals surface area contributed by atoms with E-state index in [1.54, 1.807) is 0 Å². The van der Waals surface area contributed by atoms with Crippen LogP contribution in [0.5, 0.6) is 0 Å². The molecule has 5 atom stereocenters. The summed E-state index contributed by atoms with van der Waals surface area (Å²) in [4.78, 5) is 20.3. The predicted molar refractivity (Wildman–Crippen MR) is 42.5 cm³/mol. The van der Waals surface area contributed by atoms with Crippen molar-refractivity contribution >= 4 is 7.82 Å². The molecule has 0 aliphatic carbocycles. The van der Waals surface area contributed by atoms with Crippen LogP contribution in [0, 0.1) is 0 Å². The van der Waals surface area contributed by atoms with Crippen LogP contribution in [0.1, 0.15) is 0 Å². The molecule has 9 nitrogen and oxygen atoms in total. The Morgan fingerprint density at radius 2 is 1.69 bits per heavy atom. The van der Waals surface area contributed by atoms with Gasteiger partial charge in [-0.1, -0.05) is 0 Å². The van der Waals surface area contributed by atoms with Crippen LogP contribution in [0.3, 0.4) is 0 Å². The Kier molecular flexibility index (Phi) is 4.41. The molecule has 0 saturated carbocycles. The molecule has 1 aliphatic rings. The van der Waals surface area contributed by atoms with Crippen LogP contribution in [0.25, 0.3) is 0 Å². The van der Waals surface area contributed by atoms with Gasteiger partial charge in [-0.15, -0.1) is 0 Å². The first-order valence-electron chi connectivity index (χ1n) is 4.26. The van der Waals surface area contributed by atoms with Crippen molar-refractivity contribution in [1.29, 1.82) is 0 Å². The summed E-state index contributed by atoms with van der Waals surface area (Å²) in [6.07, 6.45) is -8.35. The highest BCUT2D eigenvalue weighted by molar-refractivity contribution is 7.43. The maximum Gasteiger partial charge on any atom is 0.184 e. The molecule has 0 aromatic carbocycles. The molecule has 0 aromatic rings. The van der Waals surface area contributed by atoms with Gasteiger partial charge in [0.2, 0.25) is 0 Å². The molecule has 0 bridgehead atoms. The van der Waals surface area contributed by atoms with Gasteiger partial charge in [-0.25, -0.2) is 0 Å². The molecule has 0 radical (unpaired) electrons. The van der Waals surface area contributed by atoms with Gasteiger partial charge in [-0.3, -0.25) is 0 Å². The quantitative estimate of drug-likeness (QED) is 0.366. The van der Waals surface area contributed by atoms with E-state index in [0.717, 1.165) is 0 Å². The molecule has 1 rings (SSSR count). The number of hydrogen-bond acceptors (Lipinski definition) is 9. The second kappa shape index (κ2) is 5.05. The summed E-state index contributed by atoms with van der Waals surface area (Å²) in [6.45, 7) is -0.855. The van der Waals surface area contributed by atoms with Crippen LogP contribution < -0.4 is 9.79 Å². The first-order valence-corrected chi connectivity index (χ1v) is 5.73. The van der Waals surface area contributed by atoms with Crippen LogP contribution in [-0.2, 0) is 13.8 Å². The molecule has 1 fully saturated rings. The predicted octanol–water partition coefficient (Wildman–Crippen LogP) is -4.37. The number of phosphoric ester groups is 1. The van der Waals surface area contributed by atoms with Crippen LogP contribution in [0.2, 0.25) is 0 Å². The Morgan fingerprint density at radius 1 is 1.12 bits per heavy atom. The second-order valence-electron chi connectivity index (χ2n) is 3.28. The molecule has 96 valence electrons. The lowest BCUT2D eigenvalue weighted by molar-refractivity contribution is -0.347. The van der Waals surface area contributed by atoms with Gasteiger partial charge >= 0.3 is 0 Å². The van der Waals surface area contributed by atoms with E-state index in [4.69, 9.17) is 10.2 Å². The first-order chi connectivity index (χ1) is 7.22. The third-order valence-electron chi connectivity index (χ3n) is 2.08. The Labute approximate surface area is 90.1 Å². The Bertz CT molecular complexity index is 277. The molecule has 16 heavy (non-hydrogen) atoms. The monoisotopic (exact) mass is 258 g/mol. The van der Waals surface area contributed by atoms with E-state index in [1.807, 2.05) is 0 Å². The van der Waals surface area contributed by atoms with Gasteiger partial charge in [0, 0.05) is 0 Å². The highest BCUT2D eigenvalue weighted by Crippen LogP contribution is 2.27. The van der Waals surface area contributed by atoms with Crippen LogP contribution in [0.15, 0.2) is 0 Å². The molecule has 1 saturated heterocycles. The molecule has 10 heteroatoms. The maximum atomic E-state index is 10.1. The van der Waals surface area contributed by atoms with Gasteiger partial charge in [0.25, 0.3) is 0 Å². The van der Waals surface area contributed by atoms with Gasteiger partial charge in [-0.2, -0.15) is 0 Å². The smallest absolute Gasteiger partial charge is 0.184 e. The average molecular weight is 258 g/mol. The van der Waals surface area contributed by atoms with Gasteiger partial charge in [0.05, 0.1) is 14.4 Å². The minimum Gasteiger partial charge on any atom is -0.790 e. The standard InChI is InChI=1S/C6H13O9P/c7-3-2(1-14-16(11,12)13)15-6(10)5(9)4(3)8/h2-10H,1H2,(H2,11,12,13)/p-2/t2-,3?,4?,5?,6?/m1/s1. The van der Waals surface area contributed by atoms with Gasteiger partial charge in [0.15, 0.2) is 6.29 Å². The number of hydrogen-bond donors (Lipinski definition) is 4. The molecule has 4 unspecified atom stereocenters. The Morgan fingerprint density at radius 3 is 2.19 bits per heavy atom. The summed E-state index contributed by atoms with van der Waals surface area (Å²) in [5, 5.41) is 36.6. The van der Waals surface area contributed by atoms with Crippen molar-refractivity contribution in [2.75, 3.05) is 6.61 Å². The second-order valence-corrected chi connectivity index (χ2v) is 4.43. The number of ether oxygens (including phenoxy) is 1. The van der Waals surface area contributed by atoms with Crippen molar-refractivity contribution in [1.82, 2.24) is 0 Å². The van der Waals surface area contributed by atoms with E-state index in [-0.39, 0.29) is 0 Å².